The fourth-order valence-corrected chi connectivity index (χ4v) is 5.83. The standard InChI is InChI=1S/C31H23N/c1-31(2)25-16-17-28-30(29(25)24-18-20-10-6-7-11-21(20)19-26(24)31)23-14-8-9-15-27(23)32(28)22-12-4-3-5-13-22/h3-19H,1-2H3. The second kappa shape index (κ2) is 6.11. The number of hydrogen-bond acceptors (Lipinski definition) is 0. The normalized spacial score (nSPS) is 14.2. The zero-order chi connectivity index (χ0) is 21.4. The summed E-state index contributed by atoms with van der Waals surface area (Å²) < 4.78 is 2.41. The van der Waals surface area contributed by atoms with Crippen LogP contribution in [0.2, 0.25) is 0 Å². The monoisotopic (exact) mass is 409 g/mol. The SMILES string of the molecule is CC1(C)c2cc3ccccc3cc2-c2c1ccc1c2c2ccccc2n1-c1ccccc1. The number of fused-ring (bicyclic) bond motifs is 8. The molecule has 1 nitrogen and oxygen atoms in total. The van der Waals surface area contributed by atoms with E-state index in [4.69, 9.17) is 0 Å². The number of nitrogens with zero attached hydrogens (tertiary/aromatic N) is 1. The highest BCUT2D eigenvalue weighted by Crippen LogP contribution is 2.54. The van der Waals surface area contributed by atoms with Gasteiger partial charge < -0.3 is 4.57 Å². The highest BCUT2D eigenvalue weighted by atomic mass is 15.0. The molecule has 1 aliphatic carbocycles. The quantitative estimate of drug-likeness (QED) is 0.258. The van der Waals surface area contributed by atoms with Crippen molar-refractivity contribution in [2.45, 2.75) is 19.3 Å². The van der Waals surface area contributed by atoms with Crippen molar-refractivity contribution in [1.82, 2.24) is 4.57 Å². The molecule has 152 valence electrons. The van der Waals surface area contributed by atoms with E-state index < -0.39 is 0 Å². The lowest BCUT2D eigenvalue weighted by molar-refractivity contribution is 0.661. The van der Waals surface area contributed by atoms with Gasteiger partial charge in [-0.25, -0.2) is 0 Å². The number of benzene rings is 5. The third-order valence-electron chi connectivity index (χ3n) is 7.35. The van der Waals surface area contributed by atoms with Crippen LogP contribution in [0.15, 0.2) is 103 Å². The van der Waals surface area contributed by atoms with Crippen molar-refractivity contribution in [1.29, 1.82) is 0 Å². The summed E-state index contributed by atoms with van der Waals surface area (Å²) in [6.45, 7) is 4.74. The third-order valence-corrected chi connectivity index (χ3v) is 7.35. The van der Waals surface area contributed by atoms with E-state index in [0.29, 0.717) is 0 Å². The molecule has 5 aromatic carbocycles. The van der Waals surface area contributed by atoms with Crippen LogP contribution in [0.25, 0.3) is 49.4 Å². The zero-order valence-corrected chi connectivity index (χ0v) is 18.3. The van der Waals surface area contributed by atoms with Gasteiger partial charge in [0.25, 0.3) is 0 Å². The van der Waals surface area contributed by atoms with E-state index in [1.165, 1.54) is 60.5 Å². The van der Waals surface area contributed by atoms with Crippen LogP contribution in [0.4, 0.5) is 0 Å². The number of rotatable bonds is 1. The van der Waals surface area contributed by atoms with E-state index in [2.05, 4.69) is 122 Å². The predicted molar refractivity (Wildman–Crippen MR) is 136 cm³/mol. The van der Waals surface area contributed by atoms with Crippen molar-refractivity contribution in [2.75, 3.05) is 0 Å². The van der Waals surface area contributed by atoms with Crippen LogP contribution in [0.1, 0.15) is 25.0 Å². The first-order chi connectivity index (χ1) is 15.6. The molecule has 0 saturated heterocycles. The summed E-state index contributed by atoms with van der Waals surface area (Å²) in [5, 5.41) is 5.30. The summed E-state index contributed by atoms with van der Waals surface area (Å²) in [7, 11) is 0. The molecule has 0 bridgehead atoms. The minimum absolute atomic E-state index is 0.0289. The van der Waals surface area contributed by atoms with E-state index >= 15 is 0 Å². The van der Waals surface area contributed by atoms with E-state index in [-0.39, 0.29) is 5.41 Å². The Morgan fingerprint density at radius 3 is 2.09 bits per heavy atom. The second-order valence-electron chi connectivity index (χ2n) is 9.44. The first kappa shape index (κ1) is 17.8. The molecule has 0 spiro atoms. The molecular weight excluding hydrogens is 386 g/mol. The van der Waals surface area contributed by atoms with Gasteiger partial charge in [0.2, 0.25) is 0 Å². The molecule has 7 rings (SSSR count). The minimum Gasteiger partial charge on any atom is -0.309 e. The molecule has 6 aromatic rings. The largest absolute Gasteiger partial charge is 0.309 e. The van der Waals surface area contributed by atoms with E-state index in [1.807, 2.05) is 0 Å². The molecule has 1 heteroatoms. The maximum atomic E-state index is 2.41. The highest BCUT2D eigenvalue weighted by Gasteiger charge is 2.37. The average molecular weight is 410 g/mol. The first-order valence-corrected chi connectivity index (χ1v) is 11.3. The molecule has 1 heterocycles. The molecule has 32 heavy (non-hydrogen) atoms. The average Bonchev–Trinajstić information content (AvgIpc) is 3.28. The van der Waals surface area contributed by atoms with Crippen LogP contribution in [-0.4, -0.2) is 4.57 Å². The Kier molecular flexibility index (Phi) is 3.40. The summed E-state index contributed by atoms with van der Waals surface area (Å²) >= 11 is 0. The van der Waals surface area contributed by atoms with Gasteiger partial charge in [-0.05, 0) is 69.4 Å². The number of aromatic nitrogens is 1. The Morgan fingerprint density at radius 1 is 0.594 bits per heavy atom. The molecule has 1 aromatic heterocycles. The third kappa shape index (κ3) is 2.18. The molecule has 0 amide bonds. The molecule has 1 aliphatic rings. The van der Waals surface area contributed by atoms with Crippen LogP contribution in [0.5, 0.6) is 0 Å². The van der Waals surface area contributed by atoms with Crippen molar-refractivity contribution in [3.05, 3.63) is 114 Å². The maximum absolute atomic E-state index is 2.41. The van der Waals surface area contributed by atoms with Crippen molar-refractivity contribution < 1.29 is 0 Å². The fraction of sp³-hybridized carbons (Fsp3) is 0.0968. The molecule has 0 N–H and O–H groups in total. The van der Waals surface area contributed by atoms with E-state index in [0.717, 1.165) is 0 Å². The van der Waals surface area contributed by atoms with Gasteiger partial charge >= 0.3 is 0 Å². The van der Waals surface area contributed by atoms with Gasteiger partial charge in [0.1, 0.15) is 0 Å². The number of para-hydroxylation sites is 2. The Morgan fingerprint density at radius 2 is 1.28 bits per heavy atom. The molecular formula is C31H23N. The van der Waals surface area contributed by atoms with Gasteiger partial charge in [0.15, 0.2) is 0 Å². The van der Waals surface area contributed by atoms with Crippen LogP contribution < -0.4 is 0 Å². The van der Waals surface area contributed by atoms with Gasteiger partial charge in [0.05, 0.1) is 11.0 Å². The molecule has 0 unspecified atom stereocenters. The predicted octanol–water partition coefficient (Wildman–Crippen LogP) is 8.24. The van der Waals surface area contributed by atoms with Crippen molar-refractivity contribution >= 4 is 32.6 Å². The van der Waals surface area contributed by atoms with Crippen LogP contribution in [0.3, 0.4) is 0 Å². The molecule has 0 saturated carbocycles. The topological polar surface area (TPSA) is 4.93 Å². The van der Waals surface area contributed by atoms with E-state index in [1.54, 1.807) is 0 Å². The fourth-order valence-electron chi connectivity index (χ4n) is 5.83. The summed E-state index contributed by atoms with van der Waals surface area (Å²) in [4.78, 5) is 0. The molecule has 0 radical (unpaired) electrons. The zero-order valence-electron chi connectivity index (χ0n) is 18.3. The smallest absolute Gasteiger partial charge is 0.0547 e. The van der Waals surface area contributed by atoms with Crippen molar-refractivity contribution in [2.24, 2.45) is 0 Å². The Labute approximate surface area is 187 Å². The van der Waals surface area contributed by atoms with E-state index in [9.17, 15) is 0 Å². The summed E-state index contributed by atoms with van der Waals surface area (Å²) in [6.07, 6.45) is 0. The van der Waals surface area contributed by atoms with Gasteiger partial charge in [-0.2, -0.15) is 0 Å². The maximum Gasteiger partial charge on any atom is 0.0547 e. The van der Waals surface area contributed by atoms with Crippen molar-refractivity contribution in [3.8, 4) is 16.8 Å². The molecule has 0 aliphatic heterocycles. The van der Waals surface area contributed by atoms with Crippen LogP contribution >= 0.6 is 0 Å². The van der Waals surface area contributed by atoms with Gasteiger partial charge in [0, 0.05) is 21.9 Å². The highest BCUT2D eigenvalue weighted by molar-refractivity contribution is 6.18. The van der Waals surface area contributed by atoms with Gasteiger partial charge in [-0.3, -0.25) is 0 Å². The Hall–Kier alpha value is -3.84. The lowest BCUT2D eigenvalue weighted by atomic mass is 9.81. The van der Waals surface area contributed by atoms with Gasteiger partial charge in [-0.15, -0.1) is 0 Å². The second-order valence-corrected chi connectivity index (χ2v) is 9.44. The summed E-state index contributed by atoms with van der Waals surface area (Å²) in [6, 6.07) is 37.8. The Bertz CT molecular complexity index is 1680. The lowest BCUT2D eigenvalue weighted by Gasteiger charge is -2.22. The van der Waals surface area contributed by atoms with Gasteiger partial charge in [-0.1, -0.05) is 80.6 Å². The first-order valence-electron chi connectivity index (χ1n) is 11.3. The van der Waals surface area contributed by atoms with Crippen molar-refractivity contribution in [3.63, 3.8) is 0 Å². The molecule has 0 atom stereocenters. The number of hydrogen-bond donors (Lipinski definition) is 0. The lowest BCUT2D eigenvalue weighted by Crippen LogP contribution is -2.14. The summed E-state index contributed by atoms with van der Waals surface area (Å²) in [5.74, 6) is 0. The van der Waals surface area contributed by atoms with Crippen LogP contribution in [0, 0.1) is 0 Å². The Balaban J connectivity index is 1.69. The molecule has 0 fully saturated rings. The minimum atomic E-state index is -0.0289. The van der Waals surface area contributed by atoms with Crippen LogP contribution in [-0.2, 0) is 5.41 Å². The summed E-state index contributed by atoms with van der Waals surface area (Å²) in [5.41, 5.74) is 9.33.